The zero-order valence-electron chi connectivity index (χ0n) is 7.90. The number of aliphatic carboxylic acids is 1. The monoisotopic (exact) mass is 213 g/mol. The third-order valence-electron chi connectivity index (χ3n) is 2.57. The van der Waals surface area contributed by atoms with Gasteiger partial charge in [-0.3, -0.25) is 19.7 Å². The van der Waals surface area contributed by atoms with Crippen LogP contribution in [-0.4, -0.2) is 53.1 Å². The lowest BCUT2D eigenvalue weighted by Gasteiger charge is -2.41. The molecule has 82 valence electrons. The van der Waals surface area contributed by atoms with Gasteiger partial charge in [0.05, 0.1) is 13.0 Å². The molecule has 0 spiro atoms. The topological polar surface area (TPSA) is 98.7 Å². The fourth-order valence-corrected chi connectivity index (χ4v) is 1.79. The lowest BCUT2D eigenvalue weighted by atomic mass is 10.1. The van der Waals surface area contributed by atoms with Gasteiger partial charge in [-0.2, -0.15) is 0 Å². The highest BCUT2D eigenvalue weighted by atomic mass is 16.4. The van der Waals surface area contributed by atoms with Crippen molar-refractivity contribution in [3.05, 3.63) is 0 Å². The van der Waals surface area contributed by atoms with Crippen LogP contribution in [0.15, 0.2) is 0 Å². The molecule has 0 aliphatic carbocycles. The molecule has 2 aliphatic rings. The molecule has 0 bridgehead atoms. The first-order valence-corrected chi connectivity index (χ1v) is 4.63. The van der Waals surface area contributed by atoms with Gasteiger partial charge in [-0.25, -0.2) is 0 Å². The van der Waals surface area contributed by atoms with E-state index in [1.54, 1.807) is 0 Å². The normalized spacial score (nSPS) is 30.8. The summed E-state index contributed by atoms with van der Waals surface area (Å²) in [5, 5.41) is 14.1. The summed E-state index contributed by atoms with van der Waals surface area (Å²) >= 11 is 0. The highest BCUT2D eigenvalue weighted by Gasteiger charge is 2.39. The first-order valence-electron chi connectivity index (χ1n) is 4.63. The Kier molecular flexibility index (Phi) is 2.31. The number of fused-ring (bicyclic) bond motifs is 1. The van der Waals surface area contributed by atoms with Gasteiger partial charge in [0.1, 0.15) is 18.8 Å². The third-order valence-corrected chi connectivity index (χ3v) is 2.57. The van der Waals surface area contributed by atoms with Gasteiger partial charge in [0, 0.05) is 0 Å². The van der Waals surface area contributed by atoms with E-state index in [9.17, 15) is 14.4 Å². The van der Waals surface area contributed by atoms with E-state index >= 15 is 0 Å². The number of hydrogen-bond acceptors (Lipinski definition) is 4. The summed E-state index contributed by atoms with van der Waals surface area (Å²) in [5.74, 6) is -1.55. The zero-order valence-corrected chi connectivity index (χ0v) is 7.90. The molecule has 2 unspecified atom stereocenters. The molecule has 0 aromatic carbocycles. The van der Waals surface area contributed by atoms with Gasteiger partial charge in [-0.1, -0.05) is 0 Å². The molecule has 2 aliphatic heterocycles. The molecule has 0 saturated carbocycles. The number of carboxylic acids is 1. The average molecular weight is 213 g/mol. The number of rotatable bonds is 1. The van der Waals surface area contributed by atoms with Crippen molar-refractivity contribution in [2.24, 2.45) is 0 Å². The smallest absolute Gasteiger partial charge is 0.321 e. The van der Waals surface area contributed by atoms with Crippen LogP contribution < -0.4 is 10.6 Å². The summed E-state index contributed by atoms with van der Waals surface area (Å²) in [6.07, 6.45) is -0.496. The van der Waals surface area contributed by atoms with E-state index in [0.29, 0.717) is 0 Å². The van der Waals surface area contributed by atoms with Crippen LogP contribution in [0.4, 0.5) is 0 Å². The summed E-state index contributed by atoms with van der Waals surface area (Å²) < 4.78 is 0. The molecule has 15 heavy (non-hydrogen) atoms. The van der Waals surface area contributed by atoms with Gasteiger partial charge in [-0.05, 0) is 0 Å². The molecule has 7 heteroatoms. The van der Waals surface area contributed by atoms with Crippen molar-refractivity contribution in [1.29, 1.82) is 0 Å². The summed E-state index contributed by atoms with van der Waals surface area (Å²) in [6, 6.07) is -0.853. The maximum absolute atomic E-state index is 11.5. The molecular formula is C8H11N3O4. The maximum atomic E-state index is 11.5. The van der Waals surface area contributed by atoms with Gasteiger partial charge < -0.3 is 15.3 Å². The number of carboxylic acid groups (broad SMARTS) is 1. The predicted octanol–water partition coefficient (Wildman–Crippen LogP) is -2.28. The van der Waals surface area contributed by atoms with E-state index in [4.69, 9.17) is 5.11 Å². The van der Waals surface area contributed by atoms with Crippen molar-refractivity contribution >= 4 is 17.8 Å². The van der Waals surface area contributed by atoms with Gasteiger partial charge in [0.15, 0.2) is 0 Å². The number of nitrogens with zero attached hydrogens (tertiary/aromatic N) is 1. The van der Waals surface area contributed by atoms with Crippen LogP contribution in [0.2, 0.25) is 0 Å². The Morgan fingerprint density at radius 2 is 2.20 bits per heavy atom. The molecule has 0 radical (unpaired) electrons. The molecule has 7 nitrogen and oxygen atoms in total. The second-order valence-corrected chi connectivity index (χ2v) is 3.60. The van der Waals surface area contributed by atoms with Crippen LogP contribution in [0, 0.1) is 0 Å². The minimum atomic E-state index is -1.04. The van der Waals surface area contributed by atoms with Gasteiger partial charge in [0.2, 0.25) is 11.8 Å². The van der Waals surface area contributed by atoms with Crippen molar-refractivity contribution < 1.29 is 19.5 Å². The summed E-state index contributed by atoms with van der Waals surface area (Å²) in [7, 11) is 0. The van der Waals surface area contributed by atoms with Crippen LogP contribution >= 0.6 is 0 Å². The lowest BCUT2D eigenvalue weighted by molar-refractivity contribution is -0.153. The number of amides is 2. The number of carbonyl (C=O) groups is 3. The molecule has 2 heterocycles. The van der Waals surface area contributed by atoms with Crippen molar-refractivity contribution in [2.75, 3.05) is 13.1 Å². The molecule has 2 atom stereocenters. The van der Waals surface area contributed by atoms with Crippen LogP contribution in [0.3, 0.4) is 0 Å². The molecule has 0 aromatic rings. The molecule has 0 aromatic heterocycles. The zero-order chi connectivity index (χ0) is 11.0. The third kappa shape index (κ3) is 1.78. The number of hydrogen-bond donors (Lipinski definition) is 3. The van der Waals surface area contributed by atoms with E-state index in [-0.39, 0.29) is 31.3 Å². The number of carbonyl (C=O) groups excluding carboxylic acids is 2. The standard InChI is InChI=1S/C8H11N3O4/c12-6-3-11-5(2-9-6)10-4(8(14)15)1-7(11)13/h4-5,10H,1-3H2,(H,9,12)(H,14,15). The fraction of sp³-hybridized carbons (Fsp3) is 0.625. The first kappa shape index (κ1) is 9.91. The molecule has 2 fully saturated rings. The lowest BCUT2D eigenvalue weighted by Crippen LogP contribution is -2.68. The summed E-state index contributed by atoms with van der Waals surface area (Å²) in [5.41, 5.74) is 0. The molecule has 2 rings (SSSR count). The van der Waals surface area contributed by atoms with Crippen LogP contribution in [0.25, 0.3) is 0 Å². The summed E-state index contributed by atoms with van der Waals surface area (Å²) in [6.45, 7) is 0.261. The van der Waals surface area contributed by atoms with Gasteiger partial charge in [-0.15, -0.1) is 0 Å². The highest BCUT2D eigenvalue weighted by molar-refractivity contribution is 5.90. The maximum Gasteiger partial charge on any atom is 0.321 e. The van der Waals surface area contributed by atoms with E-state index in [2.05, 4.69) is 10.6 Å². The number of piperazine rings is 1. The van der Waals surface area contributed by atoms with E-state index < -0.39 is 18.2 Å². The second kappa shape index (κ2) is 3.50. The Bertz CT molecular complexity index is 330. The quantitative estimate of drug-likeness (QED) is 0.455. The van der Waals surface area contributed by atoms with E-state index in [1.807, 2.05) is 0 Å². The number of nitrogens with one attached hydrogen (secondary N) is 2. The van der Waals surface area contributed by atoms with Gasteiger partial charge >= 0.3 is 5.97 Å². The first-order chi connectivity index (χ1) is 7.08. The SMILES string of the molecule is O=C1CN2C(=O)CC(C(=O)O)NC2CN1. The van der Waals surface area contributed by atoms with Crippen LogP contribution in [0.1, 0.15) is 6.42 Å². The van der Waals surface area contributed by atoms with Crippen LogP contribution in [-0.2, 0) is 14.4 Å². The molecule has 2 amide bonds. The van der Waals surface area contributed by atoms with Gasteiger partial charge in [0.25, 0.3) is 0 Å². The Hall–Kier alpha value is -1.63. The van der Waals surface area contributed by atoms with E-state index in [1.165, 1.54) is 4.90 Å². The summed E-state index contributed by atoms with van der Waals surface area (Å²) in [4.78, 5) is 34.7. The van der Waals surface area contributed by atoms with E-state index in [0.717, 1.165) is 0 Å². The Labute approximate surface area is 85.4 Å². The largest absolute Gasteiger partial charge is 0.480 e. The molecule has 3 N–H and O–H groups in total. The molecule has 2 saturated heterocycles. The minimum absolute atomic E-state index is 0.00282. The minimum Gasteiger partial charge on any atom is -0.480 e. The Morgan fingerprint density at radius 3 is 2.87 bits per heavy atom. The Balaban J connectivity index is 2.11. The highest BCUT2D eigenvalue weighted by Crippen LogP contribution is 2.13. The average Bonchev–Trinajstić information content (AvgIpc) is 2.18. The van der Waals surface area contributed by atoms with Crippen molar-refractivity contribution in [2.45, 2.75) is 18.6 Å². The fourth-order valence-electron chi connectivity index (χ4n) is 1.79. The van der Waals surface area contributed by atoms with Crippen molar-refractivity contribution in [3.8, 4) is 0 Å². The Morgan fingerprint density at radius 1 is 1.47 bits per heavy atom. The molecular weight excluding hydrogens is 202 g/mol. The predicted molar refractivity (Wildman–Crippen MR) is 47.7 cm³/mol. The van der Waals surface area contributed by atoms with Crippen molar-refractivity contribution in [3.63, 3.8) is 0 Å². The second-order valence-electron chi connectivity index (χ2n) is 3.60. The van der Waals surface area contributed by atoms with Crippen molar-refractivity contribution in [1.82, 2.24) is 15.5 Å². The van der Waals surface area contributed by atoms with Crippen LogP contribution in [0.5, 0.6) is 0 Å².